The Kier molecular flexibility index (Phi) is 4.79. The van der Waals surface area contributed by atoms with Gasteiger partial charge in [0.05, 0.1) is 17.1 Å². The van der Waals surface area contributed by atoms with Crippen molar-refractivity contribution in [1.82, 2.24) is 0 Å². The molecule has 2 aromatic rings. The predicted octanol–water partition coefficient (Wildman–Crippen LogP) is 2.87. The van der Waals surface area contributed by atoms with Gasteiger partial charge in [-0.25, -0.2) is 5.01 Å². The largest absolute Gasteiger partial charge is 0.376 e. The molecule has 1 N–H and O–H groups in total. The number of benzene rings is 2. The van der Waals surface area contributed by atoms with Crippen LogP contribution in [0.1, 0.15) is 12.8 Å². The van der Waals surface area contributed by atoms with E-state index in [-0.39, 0.29) is 18.2 Å². The van der Waals surface area contributed by atoms with E-state index in [1.165, 1.54) is 5.01 Å². The Morgan fingerprint density at radius 3 is 2.44 bits per heavy atom. The highest BCUT2D eigenvalue weighted by atomic mass is 16.2. The van der Waals surface area contributed by atoms with Crippen molar-refractivity contribution in [2.24, 2.45) is 5.10 Å². The monoisotopic (exact) mass is 336 g/mol. The normalized spacial score (nSPS) is 14.1. The zero-order chi connectivity index (χ0) is 17.8. The lowest BCUT2D eigenvalue weighted by Crippen LogP contribution is -2.36. The second kappa shape index (κ2) is 7.17. The van der Waals surface area contributed by atoms with Gasteiger partial charge in [0.25, 0.3) is 5.91 Å². The number of nitrogens with zero attached hydrogens (tertiary/aromatic N) is 3. The van der Waals surface area contributed by atoms with Crippen LogP contribution in [0.4, 0.5) is 17.1 Å². The molecule has 6 nitrogen and oxygen atoms in total. The van der Waals surface area contributed by atoms with Gasteiger partial charge in [-0.05, 0) is 24.3 Å². The van der Waals surface area contributed by atoms with Gasteiger partial charge in [0.2, 0.25) is 5.91 Å². The van der Waals surface area contributed by atoms with Crippen LogP contribution in [0.5, 0.6) is 0 Å². The fraction of sp³-hybridized carbons (Fsp3) is 0.211. The standard InChI is InChI=1S/C19H20N4O2/c1-22(2)17-11-7-6-10-15(17)20-19(25)16-12-13-18(24)23(21-16)14-8-4-3-5-9-14/h3-11H,12-13H2,1-2H3,(H,20,25). The Hall–Kier alpha value is -3.15. The molecule has 6 heteroatoms. The van der Waals surface area contributed by atoms with Crippen LogP contribution in [-0.4, -0.2) is 31.6 Å². The SMILES string of the molecule is CN(C)c1ccccc1NC(=O)C1=NN(c2ccccc2)C(=O)CC1. The first kappa shape index (κ1) is 16.7. The van der Waals surface area contributed by atoms with E-state index in [1.54, 1.807) is 12.1 Å². The minimum Gasteiger partial charge on any atom is -0.376 e. The van der Waals surface area contributed by atoms with E-state index in [9.17, 15) is 9.59 Å². The second-order valence-corrected chi connectivity index (χ2v) is 5.95. The quantitative estimate of drug-likeness (QED) is 0.934. The molecule has 3 rings (SSSR count). The molecule has 128 valence electrons. The minimum absolute atomic E-state index is 0.114. The lowest BCUT2D eigenvalue weighted by molar-refractivity contribution is -0.118. The lowest BCUT2D eigenvalue weighted by Gasteiger charge is -2.23. The van der Waals surface area contributed by atoms with Crippen molar-refractivity contribution in [3.8, 4) is 0 Å². The number of carbonyl (C=O) groups excluding carboxylic acids is 2. The van der Waals surface area contributed by atoms with Gasteiger partial charge >= 0.3 is 0 Å². The van der Waals surface area contributed by atoms with Gasteiger partial charge in [-0.3, -0.25) is 9.59 Å². The molecule has 25 heavy (non-hydrogen) atoms. The van der Waals surface area contributed by atoms with E-state index in [1.807, 2.05) is 61.5 Å². The number of para-hydroxylation sites is 3. The smallest absolute Gasteiger partial charge is 0.271 e. The van der Waals surface area contributed by atoms with Crippen LogP contribution < -0.4 is 15.2 Å². The summed E-state index contributed by atoms with van der Waals surface area (Å²) >= 11 is 0. The molecule has 0 aromatic heterocycles. The molecule has 0 unspecified atom stereocenters. The van der Waals surface area contributed by atoms with Crippen molar-refractivity contribution >= 4 is 34.6 Å². The summed E-state index contributed by atoms with van der Waals surface area (Å²) < 4.78 is 0. The van der Waals surface area contributed by atoms with Crippen LogP contribution in [-0.2, 0) is 9.59 Å². The van der Waals surface area contributed by atoms with Crippen molar-refractivity contribution in [2.75, 3.05) is 29.3 Å². The Morgan fingerprint density at radius 1 is 1.04 bits per heavy atom. The Morgan fingerprint density at radius 2 is 1.72 bits per heavy atom. The molecule has 0 saturated carbocycles. The maximum atomic E-state index is 12.6. The molecule has 0 radical (unpaired) electrons. The third-order valence-electron chi connectivity index (χ3n) is 3.93. The number of amides is 2. The molecule has 2 amide bonds. The Bertz CT molecular complexity index is 815. The molecular formula is C19H20N4O2. The summed E-state index contributed by atoms with van der Waals surface area (Å²) in [7, 11) is 3.83. The van der Waals surface area contributed by atoms with Crippen LogP contribution in [0.3, 0.4) is 0 Å². The van der Waals surface area contributed by atoms with Gasteiger partial charge in [0, 0.05) is 26.9 Å². The molecule has 0 atom stereocenters. The van der Waals surface area contributed by atoms with E-state index in [2.05, 4.69) is 10.4 Å². The van der Waals surface area contributed by atoms with Crippen LogP contribution in [0, 0.1) is 0 Å². The van der Waals surface area contributed by atoms with E-state index in [0.717, 1.165) is 5.69 Å². The number of carbonyl (C=O) groups is 2. The lowest BCUT2D eigenvalue weighted by atomic mass is 10.1. The summed E-state index contributed by atoms with van der Waals surface area (Å²) in [5.41, 5.74) is 2.62. The van der Waals surface area contributed by atoms with Crippen molar-refractivity contribution in [3.05, 3.63) is 54.6 Å². The highest BCUT2D eigenvalue weighted by Crippen LogP contribution is 2.24. The average molecular weight is 336 g/mol. The summed E-state index contributed by atoms with van der Waals surface area (Å²) in [4.78, 5) is 26.7. The highest BCUT2D eigenvalue weighted by Gasteiger charge is 2.25. The molecule has 0 fully saturated rings. The first-order valence-electron chi connectivity index (χ1n) is 8.09. The number of anilines is 3. The van der Waals surface area contributed by atoms with Gasteiger partial charge in [-0.15, -0.1) is 0 Å². The number of hydrogen-bond acceptors (Lipinski definition) is 4. The Labute approximate surface area is 146 Å². The molecule has 0 spiro atoms. The predicted molar refractivity (Wildman–Crippen MR) is 100.0 cm³/mol. The fourth-order valence-corrected chi connectivity index (χ4v) is 2.65. The zero-order valence-electron chi connectivity index (χ0n) is 14.3. The summed E-state index contributed by atoms with van der Waals surface area (Å²) in [6, 6.07) is 16.7. The van der Waals surface area contributed by atoms with E-state index in [0.29, 0.717) is 23.5 Å². The van der Waals surface area contributed by atoms with Crippen molar-refractivity contribution < 1.29 is 9.59 Å². The van der Waals surface area contributed by atoms with Crippen molar-refractivity contribution in [2.45, 2.75) is 12.8 Å². The van der Waals surface area contributed by atoms with Crippen LogP contribution in [0.15, 0.2) is 59.7 Å². The minimum atomic E-state index is -0.289. The van der Waals surface area contributed by atoms with Crippen LogP contribution in [0.2, 0.25) is 0 Å². The maximum Gasteiger partial charge on any atom is 0.271 e. The highest BCUT2D eigenvalue weighted by molar-refractivity contribution is 6.44. The van der Waals surface area contributed by atoms with Gasteiger partial charge < -0.3 is 10.2 Å². The third kappa shape index (κ3) is 3.68. The molecular weight excluding hydrogens is 316 g/mol. The number of nitrogens with one attached hydrogen (secondary N) is 1. The summed E-state index contributed by atoms with van der Waals surface area (Å²) in [5, 5.41) is 8.48. The summed E-state index contributed by atoms with van der Waals surface area (Å²) in [5.74, 6) is -0.404. The van der Waals surface area contributed by atoms with Gasteiger partial charge in [-0.2, -0.15) is 5.10 Å². The molecule has 0 saturated heterocycles. The number of rotatable bonds is 4. The van der Waals surface area contributed by atoms with Crippen LogP contribution in [0.25, 0.3) is 0 Å². The van der Waals surface area contributed by atoms with E-state index in [4.69, 9.17) is 0 Å². The van der Waals surface area contributed by atoms with Gasteiger partial charge in [0.1, 0.15) is 5.71 Å². The van der Waals surface area contributed by atoms with Crippen molar-refractivity contribution in [1.29, 1.82) is 0 Å². The van der Waals surface area contributed by atoms with Crippen LogP contribution >= 0.6 is 0 Å². The molecule has 0 aliphatic carbocycles. The molecule has 1 aliphatic rings. The maximum absolute atomic E-state index is 12.6. The first-order valence-corrected chi connectivity index (χ1v) is 8.09. The molecule has 0 bridgehead atoms. The molecule has 1 aliphatic heterocycles. The Balaban J connectivity index is 1.84. The average Bonchev–Trinajstić information content (AvgIpc) is 2.63. The zero-order valence-corrected chi connectivity index (χ0v) is 14.3. The number of hydrogen-bond donors (Lipinski definition) is 1. The number of hydrazone groups is 1. The van der Waals surface area contributed by atoms with Crippen molar-refractivity contribution in [3.63, 3.8) is 0 Å². The summed E-state index contributed by atoms with van der Waals surface area (Å²) in [6.45, 7) is 0. The third-order valence-corrected chi connectivity index (χ3v) is 3.93. The van der Waals surface area contributed by atoms with E-state index < -0.39 is 0 Å². The second-order valence-electron chi connectivity index (χ2n) is 5.95. The summed E-state index contributed by atoms with van der Waals surface area (Å²) in [6.07, 6.45) is 0.592. The molecule has 2 aromatic carbocycles. The van der Waals surface area contributed by atoms with Gasteiger partial charge in [0.15, 0.2) is 0 Å². The first-order chi connectivity index (χ1) is 12.1. The van der Waals surface area contributed by atoms with Gasteiger partial charge in [-0.1, -0.05) is 30.3 Å². The molecule has 1 heterocycles. The fourth-order valence-electron chi connectivity index (χ4n) is 2.65. The van der Waals surface area contributed by atoms with E-state index >= 15 is 0 Å². The topological polar surface area (TPSA) is 65.0 Å².